The van der Waals surface area contributed by atoms with Crippen LogP contribution < -0.4 is 5.32 Å². The first-order valence-corrected chi connectivity index (χ1v) is 6.92. The zero-order valence-electron chi connectivity index (χ0n) is 12.1. The van der Waals surface area contributed by atoms with Crippen molar-refractivity contribution in [1.82, 2.24) is 15.3 Å². The minimum Gasteiger partial charge on any atom is -0.508 e. The third kappa shape index (κ3) is 4.55. The summed E-state index contributed by atoms with van der Waals surface area (Å²) in [5.74, 6) is -3.03. The fourth-order valence-electron chi connectivity index (χ4n) is 2.18. The molecular weight excluding hydrogens is 302 g/mol. The molecule has 2 unspecified atom stereocenters. The van der Waals surface area contributed by atoms with Crippen LogP contribution in [0.25, 0.3) is 0 Å². The van der Waals surface area contributed by atoms with Gasteiger partial charge in [0.1, 0.15) is 11.8 Å². The number of phenols is 1. The molecule has 0 spiro atoms. The summed E-state index contributed by atoms with van der Waals surface area (Å²) in [4.78, 5) is 29.4. The molecule has 8 nitrogen and oxygen atoms in total. The molecule has 0 radical (unpaired) electrons. The van der Waals surface area contributed by atoms with Crippen molar-refractivity contribution >= 4 is 11.9 Å². The molecule has 0 saturated carbocycles. The number of carboxylic acids is 2. The van der Waals surface area contributed by atoms with E-state index in [1.165, 1.54) is 36.8 Å². The zero-order valence-corrected chi connectivity index (χ0v) is 12.1. The molecule has 5 N–H and O–H groups in total. The second kappa shape index (κ2) is 7.41. The minimum atomic E-state index is -1.08. The van der Waals surface area contributed by atoms with Crippen LogP contribution in [0.1, 0.15) is 17.2 Å². The molecule has 0 aliphatic rings. The highest BCUT2D eigenvalue weighted by Crippen LogP contribution is 2.19. The van der Waals surface area contributed by atoms with Crippen LogP contribution in [0.2, 0.25) is 0 Å². The van der Waals surface area contributed by atoms with E-state index in [9.17, 15) is 24.9 Å². The van der Waals surface area contributed by atoms with E-state index in [0.29, 0.717) is 11.3 Å². The van der Waals surface area contributed by atoms with E-state index in [-0.39, 0.29) is 18.7 Å². The predicted molar refractivity (Wildman–Crippen MR) is 80.2 cm³/mol. The number of hydrogen-bond acceptors (Lipinski definition) is 5. The molecule has 2 aromatic rings. The fourth-order valence-corrected chi connectivity index (χ4v) is 2.18. The Morgan fingerprint density at radius 3 is 2.39 bits per heavy atom. The molecule has 0 bridgehead atoms. The number of phenolic OH excluding ortho intramolecular Hbond substituents is 1. The number of H-pyrrole nitrogens is 1. The van der Waals surface area contributed by atoms with Gasteiger partial charge in [0.25, 0.3) is 0 Å². The number of aromatic nitrogens is 2. The Morgan fingerprint density at radius 1 is 1.17 bits per heavy atom. The van der Waals surface area contributed by atoms with Crippen LogP contribution in [-0.2, 0) is 16.0 Å². The second-order valence-electron chi connectivity index (χ2n) is 5.06. The van der Waals surface area contributed by atoms with Crippen LogP contribution in [0.15, 0.2) is 36.8 Å². The van der Waals surface area contributed by atoms with Crippen LogP contribution in [0.5, 0.6) is 5.75 Å². The highest BCUT2D eigenvalue weighted by Gasteiger charge is 2.24. The lowest BCUT2D eigenvalue weighted by Crippen LogP contribution is -2.42. The van der Waals surface area contributed by atoms with Gasteiger partial charge in [0.2, 0.25) is 0 Å². The monoisotopic (exact) mass is 319 g/mol. The number of carboxylic acid groups (broad SMARTS) is 2. The molecule has 0 aliphatic heterocycles. The molecule has 23 heavy (non-hydrogen) atoms. The largest absolute Gasteiger partial charge is 0.508 e. The number of rotatable bonds is 8. The van der Waals surface area contributed by atoms with Gasteiger partial charge in [-0.25, -0.2) is 4.98 Å². The molecule has 1 aromatic carbocycles. The number of aliphatic carboxylic acids is 2. The summed E-state index contributed by atoms with van der Waals surface area (Å²) in [6.45, 7) is -0.0504. The standard InChI is InChI=1S/C15H17N3O5/c19-11-3-1-9(2-4-11)12(14(20)21)7-17-13(15(22)23)5-10-6-16-8-18-10/h1-4,6,8,12-13,17,19H,5,7H2,(H,16,18)(H,20,21)(H,22,23). The molecule has 0 saturated heterocycles. The highest BCUT2D eigenvalue weighted by molar-refractivity contribution is 5.77. The summed E-state index contributed by atoms with van der Waals surface area (Å²) >= 11 is 0. The summed E-state index contributed by atoms with van der Waals surface area (Å²) in [5, 5.41) is 30.6. The number of imidazole rings is 1. The fraction of sp³-hybridized carbons (Fsp3) is 0.267. The average Bonchev–Trinajstić information content (AvgIpc) is 3.00. The van der Waals surface area contributed by atoms with Gasteiger partial charge in [0.15, 0.2) is 0 Å². The number of hydrogen-bond donors (Lipinski definition) is 5. The Morgan fingerprint density at radius 2 is 1.87 bits per heavy atom. The Balaban J connectivity index is 2.05. The van der Waals surface area contributed by atoms with E-state index in [2.05, 4.69) is 15.3 Å². The maximum atomic E-state index is 11.4. The van der Waals surface area contributed by atoms with Crippen LogP contribution in [0.3, 0.4) is 0 Å². The predicted octanol–water partition coefficient (Wildman–Crippen LogP) is 0.569. The van der Waals surface area contributed by atoms with Gasteiger partial charge in [0, 0.05) is 24.9 Å². The van der Waals surface area contributed by atoms with E-state index in [0.717, 1.165) is 0 Å². The zero-order chi connectivity index (χ0) is 16.8. The maximum Gasteiger partial charge on any atom is 0.321 e. The second-order valence-corrected chi connectivity index (χ2v) is 5.06. The van der Waals surface area contributed by atoms with Crippen molar-refractivity contribution < 1.29 is 24.9 Å². The SMILES string of the molecule is O=C(O)C(Cc1cnc[nH]1)NCC(C(=O)O)c1ccc(O)cc1. The third-order valence-electron chi connectivity index (χ3n) is 3.44. The minimum absolute atomic E-state index is 0.0357. The van der Waals surface area contributed by atoms with Crippen molar-refractivity contribution in [3.05, 3.63) is 48.0 Å². The molecule has 2 rings (SSSR count). The van der Waals surface area contributed by atoms with E-state index in [1.807, 2.05) is 0 Å². The quantitative estimate of drug-likeness (QED) is 0.480. The van der Waals surface area contributed by atoms with Crippen molar-refractivity contribution in [2.45, 2.75) is 18.4 Å². The van der Waals surface area contributed by atoms with Gasteiger partial charge in [0.05, 0.1) is 12.2 Å². The van der Waals surface area contributed by atoms with E-state index in [1.54, 1.807) is 0 Å². The van der Waals surface area contributed by atoms with Crippen molar-refractivity contribution in [2.24, 2.45) is 0 Å². The number of carbonyl (C=O) groups is 2. The summed E-state index contributed by atoms with van der Waals surface area (Å²) in [6.07, 6.45) is 3.13. The summed E-state index contributed by atoms with van der Waals surface area (Å²) < 4.78 is 0. The summed E-state index contributed by atoms with van der Waals surface area (Å²) in [7, 11) is 0. The van der Waals surface area contributed by atoms with Gasteiger partial charge >= 0.3 is 11.9 Å². The summed E-state index contributed by atoms with van der Waals surface area (Å²) in [5.41, 5.74) is 1.12. The molecule has 1 heterocycles. The van der Waals surface area contributed by atoms with Gasteiger partial charge in [-0.3, -0.25) is 9.59 Å². The average molecular weight is 319 g/mol. The van der Waals surface area contributed by atoms with Gasteiger partial charge in [-0.05, 0) is 17.7 Å². The van der Waals surface area contributed by atoms with Gasteiger partial charge in [-0.1, -0.05) is 12.1 Å². The molecular formula is C15H17N3O5. The Bertz CT molecular complexity index is 654. The highest BCUT2D eigenvalue weighted by atomic mass is 16.4. The molecule has 0 fully saturated rings. The van der Waals surface area contributed by atoms with Crippen molar-refractivity contribution in [1.29, 1.82) is 0 Å². The lowest BCUT2D eigenvalue weighted by molar-refractivity contribution is -0.141. The molecule has 122 valence electrons. The van der Waals surface area contributed by atoms with Crippen LogP contribution in [0, 0.1) is 0 Å². The van der Waals surface area contributed by atoms with Crippen molar-refractivity contribution in [3.63, 3.8) is 0 Å². The van der Waals surface area contributed by atoms with Gasteiger partial charge in [-0.15, -0.1) is 0 Å². The smallest absolute Gasteiger partial charge is 0.321 e. The lowest BCUT2D eigenvalue weighted by Gasteiger charge is -2.18. The van der Waals surface area contributed by atoms with E-state index >= 15 is 0 Å². The lowest BCUT2D eigenvalue weighted by atomic mass is 9.98. The van der Waals surface area contributed by atoms with Crippen molar-refractivity contribution in [3.8, 4) is 5.75 Å². The molecule has 8 heteroatoms. The van der Waals surface area contributed by atoms with Crippen LogP contribution >= 0.6 is 0 Å². The Hall–Kier alpha value is -2.87. The Labute approximate surface area is 131 Å². The third-order valence-corrected chi connectivity index (χ3v) is 3.44. The molecule has 0 amide bonds. The van der Waals surface area contributed by atoms with Crippen molar-refractivity contribution in [2.75, 3.05) is 6.54 Å². The normalized spacial score (nSPS) is 13.4. The van der Waals surface area contributed by atoms with Crippen LogP contribution in [-0.4, -0.2) is 49.8 Å². The van der Waals surface area contributed by atoms with E-state index in [4.69, 9.17) is 0 Å². The first-order valence-electron chi connectivity index (χ1n) is 6.92. The van der Waals surface area contributed by atoms with E-state index < -0.39 is 23.9 Å². The van der Waals surface area contributed by atoms with Gasteiger partial charge in [-0.2, -0.15) is 0 Å². The first-order chi connectivity index (χ1) is 11.0. The first kappa shape index (κ1) is 16.5. The molecule has 1 aromatic heterocycles. The molecule has 0 aliphatic carbocycles. The topological polar surface area (TPSA) is 136 Å². The number of benzene rings is 1. The summed E-state index contributed by atoms with van der Waals surface area (Å²) in [6, 6.07) is 4.85. The Kier molecular flexibility index (Phi) is 5.32. The maximum absolute atomic E-state index is 11.4. The van der Waals surface area contributed by atoms with Crippen LogP contribution in [0.4, 0.5) is 0 Å². The number of nitrogens with one attached hydrogen (secondary N) is 2. The number of aromatic hydroxyl groups is 1. The number of nitrogens with zero attached hydrogens (tertiary/aromatic N) is 1. The number of aromatic amines is 1. The molecule has 2 atom stereocenters. The van der Waals surface area contributed by atoms with Gasteiger partial charge < -0.3 is 25.6 Å².